The second-order valence-electron chi connectivity index (χ2n) is 6.15. The summed E-state index contributed by atoms with van der Waals surface area (Å²) in [6.07, 6.45) is 5.64. The quantitative estimate of drug-likeness (QED) is 0.373. The lowest BCUT2D eigenvalue weighted by Gasteiger charge is -2.18. The van der Waals surface area contributed by atoms with Crippen molar-refractivity contribution >= 4 is 34.2 Å². The lowest BCUT2D eigenvalue weighted by atomic mass is 9.89. The van der Waals surface area contributed by atoms with Gasteiger partial charge < -0.3 is 9.47 Å². The molecule has 0 spiro atoms. The van der Waals surface area contributed by atoms with Crippen LogP contribution in [-0.4, -0.2) is 25.3 Å². The molecule has 1 unspecified atom stereocenters. The van der Waals surface area contributed by atoms with Crippen molar-refractivity contribution in [2.24, 2.45) is 5.41 Å². The van der Waals surface area contributed by atoms with Crippen molar-refractivity contribution < 1.29 is 9.47 Å². The summed E-state index contributed by atoms with van der Waals surface area (Å²) in [7, 11) is 1.69. The Morgan fingerprint density at radius 2 is 2.19 bits per heavy atom. The van der Waals surface area contributed by atoms with Crippen molar-refractivity contribution in [2.75, 3.05) is 20.3 Å². The minimum atomic E-state index is 0.298. The number of rotatable bonds is 6. The number of aromatic nitrogens is 1. The maximum atomic E-state index is 6.19. The molecule has 1 atom stereocenters. The van der Waals surface area contributed by atoms with Crippen molar-refractivity contribution in [3.63, 3.8) is 0 Å². The van der Waals surface area contributed by atoms with Crippen LogP contribution in [0.5, 0.6) is 5.75 Å². The van der Waals surface area contributed by atoms with E-state index in [1.54, 1.807) is 7.11 Å². The maximum absolute atomic E-state index is 6.19. The molecule has 0 saturated heterocycles. The van der Waals surface area contributed by atoms with E-state index >= 15 is 0 Å². The molecule has 117 valence electrons. The van der Waals surface area contributed by atoms with E-state index in [-0.39, 0.29) is 0 Å². The van der Waals surface area contributed by atoms with Gasteiger partial charge in [-0.15, -0.1) is 0 Å². The summed E-state index contributed by atoms with van der Waals surface area (Å²) in [6.45, 7) is 5.85. The summed E-state index contributed by atoms with van der Waals surface area (Å²) in [4.78, 5) is 4.44. The molecule has 1 fully saturated rings. The molecule has 1 aliphatic carbocycles. The van der Waals surface area contributed by atoms with Gasteiger partial charge in [-0.2, -0.15) is 0 Å². The first-order valence-corrected chi connectivity index (χ1v) is 8.72. The monoisotopic (exact) mass is 422 g/mol. The fourth-order valence-electron chi connectivity index (χ4n) is 2.70. The Labute approximate surface area is 145 Å². The molecule has 2 rings (SSSR count). The Kier molecular flexibility index (Phi) is 6.15. The van der Waals surface area contributed by atoms with Crippen LogP contribution in [0.25, 0.3) is 0 Å². The van der Waals surface area contributed by atoms with E-state index < -0.39 is 0 Å². The Hall–Kier alpha value is -0.0700. The fraction of sp³-hybridized carbons (Fsp3) is 0.625. The number of ether oxygens (including phenoxy) is 2. The van der Waals surface area contributed by atoms with Crippen LogP contribution in [0.4, 0.5) is 0 Å². The topological polar surface area (TPSA) is 31.4 Å². The average molecular weight is 423 g/mol. The smallest absolute Gasteiger partial charge is 0.172 e. The van der Waals surface area contributed by atoms with E-state index in [9.17, 15) is 0 Å². The van der Waals surface area contributed by atoms with Crippen LogP contribution in [0.2, 0.25) is 5.15 Å². The highest BCUT2D eigenvalue weighted by atomic mass is 127. The predicted octanol–water partition coefficient (Wildman–Crippen LogP) is 4.86. The van der Waals surface area contributed by atoms with E-state index in [0.29, 0.717) is 35.4 Å². The van der Waals surface area contributed by atoms with Gasteiger partial charge in [0.05, 0.1) is 6.61 Å². The van der Waals surface area contributed by atoms with Gasteiger partial charge in [-0.25, -0.2) is 4.98 Å². The average Bonchev–Trinajstić information content (AvgIpc) is 2.77. The van der Waals surface area contributed by atoms with Gasteiger partial charge in [0.1, 0.15) is 3.70 Å². The van der Waals surface area contributed by atoms with E-state index in [2.05, 4.69) is 53.9 Å². The number of hydrogen-bond acceptors (Lipinski definition) is 3. The Morgan fingerprint density at radius 3 is 2.81 bits per heavy atom. The van der Waals surface area contributed by atoms with E-state index in [1.807, 2.05) is 0 Å². The molecule has 1 heterocycles. The second kappa shape index (κ2) is 7.47. The second-order valence-corrected chi connectivity index (χ2v) is 7.53. The van der Waals surface area contributed by atoms with Gasteiger partial charge in [-0.1, -0.05) is 25.4 Å². The van der Waals surface area contributed by atoms with Crippen molar-refractivity contribution in [3.8, 4) is 5.75 Å². The van der Waals surface area contributed by atoms with Crippen LogP contribution in [0, 0.1) is 15.5 Å². The van der Waals surface area contributed by atoms with E-state index in [0.717, 1.165) is 16.5 Å². The zero-order valence-corrected chi connectivity index (χ0v) is 15.7. The molecular formula is C16H22ClINO2. The Balaban J connectivity index is 2.11. The zero-order chi connectivity index (χ0) is 15.5. The summed E-state index contributed by atoms with van der Waals surface area (Å²) in [6, 6.07) is 2.06. The highest BCUT2D eigenvalue weighted by Gasteiger charge is 2.33. The normalized spacial score (nSPS) is 20.7. The first kappa shape index (κ1) is 17.3. The van der Waals surface area contributed by atoms with E-state index in [1.165, 1.54) is 12.0 Å². The molecule has 1 aromatic rings. The standard InChI is InChI=1S/C16H22ClINO2/c1-16(2)6-5-11(10-16)12-9-13(14(17)19-15(12)18)21-8-4-7-20-3/h9-11H,4-8H2,1-3H3. The lowest BCUT2D eigenvalue weighted by Crippen LogP contribution is -2.08. The third-order valence-corrected chi connectivity index (χ3v) is 4.96. The van der Waals surface area contributed by atoms with E-state index in [4.69, 9.17) is 21.1 Å². The largest absolute Gasteiger partial charge is 0.490 e. The zero-order valence-electron chi connectivity index (χ0n) is 12.8. The SMILES string of the molecule is COCCCOc1cc(C2[CH]C(C)(C)CC2)c(I)nc1Cl. The summed E-state index contributed by atoms with van der Waals surface area (Å²) in [5.74, 6) is 1.12. The van der Waals surface area contributed by atoms with Gasteiger partial charge in [0.2, 0.25) is 0 Å². The van der Waals surface area contributed by atoms with Crippen LogP contribution >= 0.6 is 34.2 Å². The minimum absolute atomic E-state index is 0.298. The molecule has 1 aromatic heterocycles. The van der Waals surface area contributed by atoms with Crippen LogP contribution < -0.4 is 4.74 Å². The van der Waals surface area contributed by atoms with Gasteiger partial charge in [-0.3, -0.25) is 0 Å². The van der Waals surface area contributed by atoms with Crippen LogP contribution in [-0.2, 0) is 4.74 Å². The van der Waals surface area contributed by atoms with Crippen molar-refractivity contribution in [1.29, 1.82) is 0 Å². The number of nitrogens with zero attached hydrogens (tertiary/aromatic N) is 1. The highest BCUT2D eigenvalue weighted by molar-refractivity contribution is 14.1. The van der Waals surface area contributed by atoms with Gasteiger partial charge in [0.25, 0.3) is 0 Å². The first-order valence-electron chi connectivity index (χ1n) is 7.26. The summed E-state index contributed by atoms with van der Waals surface area (Å²) in [5.41, 5.74) is 1.53. The molecule has 1 radical (unpaired) electrons. The molecule has 3 nitrogen and oxygen atoms in total. The van der Waals surface area contributed by atoms with Gasteiger partial charge in [-0.05, 0) is 64.8 Å². The fourth-order valence-corrected chi connectivity index (χ4v) is 3.83. The van der Waals surface area contributed by atoms with Crippen molar-refractivity contribution in [2.45, 2.75) is 39.0 Å². The molecule has 1 aliphatic rings. The van der Waals surface area contributed by atoms with Crippen LogP contribution in [0.1, 0.15) is 44.6 Å². The molecule has 5 heteroatoms. The van der Waals surface area contributed by atoms with Gasteiger partial charge in [0, 0.05) is 20.1 Å². The van der Waals surface area contributed by atoms with Crippen LogP contribution in [0.3, 0.4) is 0 Å². The first-order chi connectivity index (χ1) is 9.93. The molecule has 21 heavy (non-hydrogen) atoms. The molecular weight excluding hydrogens is 401 g/mol. The summed E-state index contributed by atoms with van der Waals surface area (Å²) < 4.78 is 11.7. The maximum Gasteiger partial charge on any atom is 0.172 e. The molecule has 0 aromatic carbocycles. The number of hydrogen-bond donors (Lipinski definition) is 0. The van der Waals surface area contributed by atoms with Gasteiger partial charge in [0.15, 0.2) is 10.9 Å². The highest BCUT2D eigenvalue weighted by Crippen LogP contribution is 2.46. The molecule has 0 amide bonds. The minimum Gasteiger partial charge on any atom is -0.490 e. The molecule has 0 N–H and O–H groups in total. The van der Waals surface area contributed by atoms with Gasteiger partial charge >= 0.3 is 0 Å². The molecule has 1 saturated carbocycles. The van der Waals surface area contributed by atoms with Crippen molar-refractivity contribution in [3.05, 3.63) is 26.9 Å². The van der Waals surface area contributed by atoms with Crippen LogP contribution in [0.15, 0.2) is 6.07 Å². The van der Waals surface area contributed by atoms with Crippen molar-refractivity contribution in [1.82, 2.24) is 4.98 Å². The third-order valence-electron chi connectivity index (χ3n) is 3.83. The molecule has 0 bridgehead atoms. The summed E-state index contributed by atoms with van der Waals surface area (Å²) in [5, 5.41) is 0.442. The predicted molar refractivity (Wildman–Crippen MR) is 94.0 cm³/mol. The Morgan fingerprint density at radius 1 is 1.43 bits per heavy atom. The lowest BCUT2D eigenvalue weighted by molar-refractivity contribution is 0.172. The molecule has 0 aliphatic heterocycles. The third kappa shape index (κ3) is 4.70. The number of methoxy groups -OCH3 is 1. The number of halogens is 2. The number of pyridine rings is 1. The summed E-state index contributed by atoms with van der Waals surface area (Å²) >= 11 is 8.46. The Bertz CT molecular complexity index is 493.